The van der Waals surface area contributed by atoms with Crippen molar-refractivity contribution in [2.45, 2.75) is 18.6 Å². The first-order valence-electron chi connectivity index (χ1n) is 6.55. The molecule has 1 amide bonds. The van der Waals surface area contributed by atoms with Crippen LogP contribution in [0.15, 0.2) is 24.3 Å². The van der Waals surface area contributed by atoms with Crippen molar-refractivity contribution >= 4 is 11.9 Å². The van der Waals surface area contributed by atoms with Gasteiger partial charge in [0.05, 0.1) is 25.2 Å². The van der Waals surface area contributed by atoms with Crippen LogP contribution < -0.4 is 0 Å². The maximum Gasteiger partial charge on any atom is 0.416 e. The number of rotatable bonds is 3. The molecule has 1 aliphatic heterocycles. The van der Waals surface area contributed by atoms with Gasteiger partial charge in [0, 0.05) is 6.54 Å². The number of carboxylic acids is 1. The second-order valence-corrected chi connectivity index (χ2v) is 4.89. The number of carboxylic acid groups (broad SMARTS) is 1. The number of morpholine rings is 1. The third kappa shape index (κ3) is 3.76. The Labute approximate surface area is 124 Å². The first-order valence-corrected chi connectivity index (χ1v) is 6.55. The van der Waals surface area contributed by atoms with E-state index in [1.54, 1.807) is 0 Å². The molecular weight excluding hydrogens is 303 g/mol. The highest BCUT2D eigenvalue weighted by Gasteiger charge is 2.33. The van der Waals surface area contributed by atoms with Crippen molar-refractivity contribution < 1.29 is 32.6 Å². The average molecular weight is 317 g/mol. The zero-order chi connectivity index (χ0) is 16.3. The van der Waals surface area contributed by atoms with Crippen molar-refractivity contribution in [3.05, 3.63) is 35.4 Å². The van der Waals surface area contributed by atoms with E-state index in [4.69, 9.17) is 9.84 Å². The van der Waals surface area contributed by atoms with Crippen molar-refractivity contribution in [3.8, 4) is 0 Å². The second kappa shape index (κ2) is 6.35. The number of amides is 1. The fourth-order valence-electron chi connectivity index (χ4n) is 2.24. The quantitative estimate of drug-likeness (QED) is 0.919. The van der Waals surface area contributed by atoms with Gasteiger partial charge in [-0.3, -0.25) is 4.79 Å². The Kier molecular flexibility index (Phi) is 4.70. The molecule has 1 unspecified atom stereocenters. The van der Waals surface area contributed by atoms with Gasteiger partial charge in [-0.15, -0.1) is 0 Å². The molecule has 1 fully saturated rings. The largest absolute Gasteiger partial charge is 0.480 e. The highest BCUT2D eigenvalue weighted by atomic mass is 19.4. The van der Waals surface area contributed by atoms with Crippen molar-refractivity contribution in [2.24, 2.45) is 0 Å². The smallest absolute Gasteiger partial charge is 0.416 e. The summed E-state index contributed by atoms with van der Waals surface area (Å²) in [5.74, 6) is -1.73. The number of halogens is 3. The molecule has 1 aromatic rings. The van der Waals surface area contributed by atoms with Gasteiger partial charge in [-0.2, -0.15) is 13.2 Å². The van der Waals surface area contributed by atoms with E-state index in [0.717, 1.165) is 17.0 Å². The molecule has 5 nitrogen and oxygen atoms in total. The fraction of sp³-hybridized carbons (Fsp3) is 0.429. The lowest BCUT2D eigenvalue weighted by Crippen LogP contribution is -2.53. The molecule has 1 aromatic carbocycles. The van der Waals surface area contributed by atoms with Gasteiger partial charge >= 0.3 is 12.1 Å². The van der Waals surface area contributed by atoms with Crippen LogP contribution in [0.4, 0.5) is 13.2 Å². The van der Waals surface area contributed by atoms with Crippen molar-refractivity contribution in [2.75, 3.05) is 19.8 Å². The summed E-state index contributed by atoms with van der Waals surface area (Å²) in [5, 5.41) is 9.05. The molecular formula is C14H14F3NO4. The van der Waals surface area contributed by atoms with Crippen LogP contribution in [0, 0.1) is 0 Å². The van der Waals surface area contributed by atoms with Crippen LogP contribution in [0.5, 0.6) is 0 Å². The summed E-state index contributed by atoms with van der Waals surface area (Å²) in [5.41, 5.74) is -0.648. The number of alkyl halides is 3. The molecule has 8 heteroatoms. The van der Waals surface area contributed by atoms with Crippen LogP contribution in [0.1, 0.15) is 11.1 Å². The highest BCUT2D eigenvalue weighted by molar-refractivity contribution is 5.85. The van der Waals surface area contributed by atoms with Gasteiger partial charge in [0.1, 0.15) is 0 Å². The number of benzene rings is 1. The number of nitrogens with zero attached hydrogens (tertiary/aromatic N) is 1. The standard InChI is InChI=1S/C14H14F3NO4/c15-14(16,17)10-3-1-2-9(6-10)7-12(19)18-4-5-22-8-11(18)13(20)21/h1-3,6,11H,4-5,7-8H2,(H,20,21). The van der Waals surface area contributed by atoms with E-state index in [9.17, 15) is 22.8 Å². The maximum absolute atomic E-state index is 12.6. The summed E-state index contributed by atoms with van der Waals surface area (Å²) in [6.45, 7) is 0.191. The third-order valence-corrected chi connectivity index (χ3v) is 3.34. The number of hydrogen-bond donors (Lipinski definition) is 1. The molecule has 0 aromatic heterocycles. The third-order valence-electron chi connectivity index (χ3n) is 3.34. The first kappa shape index (κ1) is 16.3. The lowest BCUT2D eigenvalue weighted by atomic mass is 10.1. The van der Waals surface area contributed by atoms with Gasteiger partial charge in [-0.1, -0.05) is 18.2 Å². The van der Waals surface area contributed by atoms with Gasteiger partial charge in [-0.25, -0.2) is 4.79 Å². The van der Waals surface area contributed by atoms with Crippen molar-refractivity contribution in [1.82, 2.24) is 4.90 Å². The van der Waals surface area contributed by atoms with Crippen LogP contribution in [-0.2, 0) is 26.9 Å². The van der Waals surface area contributed by atoms with Crippen LogP contribution in [0.2, 0.25) is 0 Å². The van der Waals surface area contributed by atoms with E-state index >= 15 is 0 Å². The summed E-state index contributed by atoms with van der Waals surface area (Å²) >= 11 is 0. The predicted octanol–water partition coefficient (Wildman–Crippen LogP) is 1.56. The van der Waals surface area contributed by atoms with E-state index in [-0.39, 0.29) is 31.7 Å². The summed E-state index contributed by atoms with van der Waals surface area (Å²) in [4.78, 5) is 24.4. The van der Waals surface area contributed by atoms with Crippen molar-refractivity contribution in [3.63, 3.8) is 0 Å². The molecule has 1 N–H and O–H groups in total. The summed E-state index contributed by atoms with van der Waals surface area (Å²) in [6.07, 6.45) is -4.77. The zero-order valence-electron chi connectivity index (χ0n) is 11.5. The van der Waals surface area contributed by atoms with Gasteiger partial charge in [0.2, 0.25) is 5.91 Å². The molecule has 0 saturated carbocycles. The molecule has 22 heavy (non-hydrogen) atoms. The van der Waals surface area contributed by atoms with Gasteiger partial charge < -0.3 is 14.7 Å². The number of hydrogen-bond acceptors (Lipinski definition) is 3. The minimum absolute atomic E-state index is 0.106. The van der Waals surface area contributed by atoms with E-state index in [1.807, 2.05) is 0 Å². The number of carbonyl (C=O) groups is 2. The minimum atomic E-state index is -4.48. The summed E-state index contributed by atoms with van der Waals surface area (Å²) in [6, 6.07) is 3.34. The minimum Gasteiger partial charge on any atom is -0.480 e. The predicted molar refractivity (Wildman–Crippen MR) is 69.1 cm³/mol. The van der Waals surface area contributed by atoms with E-state index in [0.29, 0.717) is 0 Å². The van der Waals surface area contributed by atoms with Crippen LogP contribution in [0.25, 0.3) is 0 Å². The molecule has 0 bridgehead atoms. The lowest BCUT2D eigenvalue weighted by Gasteiger charge is -2.33. The second-order valence-electron chi connectivity index (χ2n) is 4.89. The number of carbonyl (C=O) groups excluding carboxylic acids is 1. The Morgan fingerprint density at radius 2 is 2.09 bits per heavy atom. The zero-order valence-corrected chi connectivity index (χ0v) is 11.5. The van der Waals surface area contributed by atoms with Gasteiger partial charge in [0.15, 0.2) is 6.04 Å². The van der Waals surface area contributed by atoms with Gasteiger partial charge in [-0.05, 0) is 11.6 Å². The average Bonchev–Trinajstić information content (AvgIpc) is 2.46. The molecule has 1 heterocycles. The summed E-state index contributed by atoms with van der Waals surface area (Å²) < 4.78 is 42.9. The first-order chi connectivity index (χ1) is 10.3. The van der Waals surface area contributed by atoms with E-state index in [1.165, 1.54) is 12.1 Å². The molecule has 0 spiro atoms. The van der Waals surface area contributed by atoms with Crippen molar-refractivity contribution in [1.29, 1.82) is 0 Å². The Morgan fingerprint density at radius 3 is 2.73 bits per heavy atom. The normalized spacial score (nSPS) is 19.0. The molecule has 1 aliphatic rings. The SMILES string of the molecule is O=C(O)C1COCCN1C(=O)Cc1cccc(C(F)(F)F)c1. The number of aliphatic carboxylic acids is 1. The lowest BCUT2D eigenvalue weighted by molar-refractivity contribution is -0.158. The Balaban J connectivity index is 2.12. The summed E-state index contributed by atoms with van der Waals surface area (Å²) in [7, 11) is 0. The Hall–Kier alpha value is -2.09. The van der Waals surface area contributed by atoms with E-state index in [2.05, 4.69) is 0 Å². The Bertz CT molecular complexity index is 573. The molecule has 0 aliphatic carbocycles. The molecule has 2 rings (SSSR count). The molecule has 1 atom stereocenters. The molecule has 1 saturated heterocycles. The number of ether oxygens (including phenoxy) is 1. The highest BCUT2D eigenvalue weighted by Crippen LogP contribution is 2.29. The van der Waals surface area contributed by atoms with Crippen LogP contribution in [0.3, 0.4) is 0 Å². The van der Waals surface area contributed by atoms with E-state index < -0.39 is 29.7 Å². The van der Waals surface area contributed by atoms with Crippen LogP contribution in [-0.4, -0.2) is 47.7 Å². The molecule has 120 valence electrons. The molecule has 0 radical (unpaired) electrons. The Morgan fingerprint density at radius 1 is 1.36 bits per heavy atom. The maximum atomic E-state index is 12.6. The monoisotopic (exact) mass is 317 g/mol. The van der Waals surface area contributed by atoms with Gasteiger partial charge in [0.25, 0.3) is 0 Å². The topological polar surface area (TPSA) is 66.8 Å². The fourth-order valence-corrected chi connectivity index (χ4v) is 2.24. The van der Waals surface area contributed by atoms with Crippen LogP contribution >= 0.6 is 0 Å².